The second-order valence-electron chi connectivity index (χ2n) is 5.02. The molecule has 0 atom stereocenters. The molecule has 0 unspecified atom stereocenters. The SMILES string of the molecule is CN(CC1CCC1)C(=O)/C=C/c1cccc(N)c1. The molecule has 0 bridgehead atoms. The van der Waals surface area contributed by atoms with Gasteiger partial charge in [0.1, 0.15) is 0 Å². The Balaban J connectivity index is 1.89. The summed E-state index contributed by atoms with van der Waals surface area (Å²) < 4.78 is 0. The Morgan fingerprint density at radius 2 is 2.28 bits per heavy atom. The first-order valence-corrected chi connectivity index (χ1v) is 6.44. The van der Waals surface area contributed by atoms with Crippen LogP contribution in [0.1, 0.15) is 24.8 Å². The van der Waals surface area contributed by atoms with Gasteiger partial charge in [-0.05, 0) is 42.5 Å². The zero-order valence-electron chi connectivity index (χ0n) is 10.8. The Hall–Kier alpha value is -1.77. The topological polar surface area (TPSA) is 46.3 Å². The van der Waals surface area contributed by atoms with E-state index in [0.29, 0.717) is 11.6 Å². The van der Waals surface area contributed by atoms with Gasteiger partial charge in [-0.2, -0.15) is 0 Å². The van der Waals surface area contributed by atoms with Gasteiger partial charge in [0, 0.05) is 25.4 Å². The van der Waals surface area contributed by atoms with Gasteiger partial charge in [-0.15, -0.1) is 0 Å². The van der Waals surface area contributed by atoms with Gasteiger partial charge in [0.25, 0.3) is 0 Å². The highest BCUT2D eigenvalue weighted by atomic mass is 16.2. The Bertz CT molecular complexity index is 450. The van der Waals surface area contributed by atoms with E-state index in [9.17, 15) is 4.79 Å². The number of rotatable bonds is 4. The van der Waals surface area contributed by atoms with Crippen LogP contribution in [0.5, 0.6) is 0 Å². The maximum atomic E-state index is 11.9. The normalized spacial score (nSPS) is 15.6. The molecule has 1 fully saturated rings. The van der Waals surface area contributed by atoms with E-state index in [1.54, 1.807) is 11.0 Å². The number of hydrogen-bond acceptors (Lipinski definition) is 2. The van der Waals surface area contributed by atoms with Gasteiger partial charge in [0.2, 0.25) is 5.91 Å². The maximum Gasteiger partial charge on any atom is 0.246 e. The van der Waals surface area contributed by atoms with Crippen molar-refractivity contribution < 1.29 is 4.79 Å². The van der Waals surface area contributed by atoms with Gasteiger partial charge < -0.3 is 10.6 Å². The van der Waals surface area contributed by atoms with E-state index >= 15 is 0 Å². The van der Waals surface area contributed by atoms with Crippen LogP contribution in [0.3, 0.4) is 0 Å². The van der Waals surface area contributed by atoms with Gasteiger partial charge in [0.15, 0.2) is 0 Å². The number of benzene rings is 1. The van der Waals surface area contributed by atoms with E-state index in [2.05, 4.69) is 0 Å². The fourth-order valence-corrected chi connectivity index (χ4v) is 2.11. The van der Waals surface area contributed by atoms with Crippen molar-refractivity contribution in [2.75, 3.05) is 19.3 Å². The lowest BCUT2D eigenvalue weighted by Gasteiger charge is -2.29. The van der Waals surface area contributed by atoms with E-state index in [-0.39, 0.29) is 5.91 Å². The van der Waals surface area contributed by atoms with Gasteiger partial charge in [-0.3, -0.25) is 4.79 Å². The monoisotopic (exact) mass is 244 g/mol. The fraction of sp³-hybridized carbons (Fsp3) is 0.400. The summed E-state index contributed by atoms with van der Waals surface area (Å²) >= 11 is 0. The van der Waals surface area contributed by atoms with Crippen molar-refractivity contribution >= 4 is 17.7 Å². The molecule has 0 spiro atoms. The molecule has 1 aliphatic carbocycles. The van der Waals surface area contributed by atoms with Crippen LogP contribution in [0.25, 0.3) is 6.08 Å². The van der Waals surface area contributed by atoms with Gasteiger partial charge in [0.05, 0.1) is 0 Å². The molecule has 0 radical (unpaired) electrons. The molecule has 96 valence electrons. The molecular formula is C15H20N2O. The number of anilines is 1. The van der Waals surface area contributed by atoms with Crippen molar-refractivity contribution in [3.8, 4) is 0 Å². The molecule has 3 nitrogen and oxygen atoms in total. The first kappa shape index (κ1) is 12.7. The maximum absolute atomic E-state index is 11.9. The van der Waals surface area contributed by atoms with Gasteiger partial charge >= 0.3 is 0 Å². The van der Waals surface area contributed by atoms with Crippen molar-refractivity contribution in [3.05, 3.63) is 35.9 Å². The largest absolute Gasteiger partial charge is 0.399 e. The number of carbonyl (C=O) groups excluding carboxylic acids is 1. The predicted molar refractivity (Wildman–Crippen MR) is 74.9 cm³/mol. The minimum absolute atomic E-state index is 0.0596. The number of carbonyl (C=O) groups is 1. The number of nitrogen functional groups attached to an aromatic ring is 1. The van der Waals surface area contributed by atoms with Crippen molar-refractivity contribution in [3.63, 3.8) is 0 Å². The standard InChI is InChI=1S/C15H20N2O/c1-17(11-13-5-2-6-13)15(18)9-8-12-4-3-7-14(16)10-12/h3-4,7-10,13H,2,5-6,11,16H2,1H3/b9-8+. The van der Waals surface area contributed by atoms with E-state index in [4.69, 9.17) is 5.73 Å². The van der Waals surface area contributed by atoms with E-state index < -0.39 is 0 Å². The van der Waals surface area contributed by atoms with E-state index in [1.165, 1.54) is 19.3 Å². The van der Waals surface area contributed by atoms with Crippen molar-refractivity contribution in [2.24, 2.45) is 5.92 Å². The molecule has 0 aliphatic heterocycles. The average Bonchev–Trinajstić information content (AvgIpc) is 2.30. The van der Waals surface area contributed by atoms with E-state index in [1.807, 2.05) is 37.4 Å². The molecule has 1 amide bonds. The Morgan fingerprint density at radius 3 is 2.89 bits per heavy atom. The molecule has 18 heavy (non-hydrogen) atoms. The van der Waals surface area contributed by atoms with Crippen molar-refractivity contribution in [1.82, 2.24) is 4.90 Å². The second-order valence-corrected chi connectivity index (χ2v) is 5.02. The zero-order valence-corrected chi connectivity index (χ0v) is 10.8. The third kappa shape index (κ3) is 3.36. The second kappa shape index (κ2) is 5.71. The first-order valence-electron chi connectivity index (χ1n) is 6.44. The summed E-state index contributed by atoms with van der Waals surface area (Å²) in [7, 11) is 1.87. The zero-order chi connectivity index (χ0) is 13.0. The molecular weight excluding hydrogens is 224 g/mol. The van der Waals surface area contributed by atoms with Crippen LogP contribution in [0.4, 0.5) is 5.69 Å². The molecule has 1 aromatic rings. The summed E-state index contributed by atoms with van der Waals surface area (Å²) in [5.74, 6) is 0.768. The Labute approximate surface area is 108 Å². The van der Waals surface area contributed by atoms with Crippen LogP contribution >= 0.6 is 0 Å². The number of hydrogen-bond donors (Lipinski definition) is 1. The third-order valence-electron chi connectivity index (χ3n) is 3.46. The van der Waals surface area contributed by atoms with Crippen LogP contribution in [0, 0.1) is 5.92 Å². The third-order valence-corrected chi connectivity index (χ3v) is 3.46. The van der Waals surface area contributed by atoms with Crippen LogP contribution in [0.2, 0.25) is 0 Å². The quantitative estimate of drug-likeness (QED) is 0.653. The molecule has 3 heteroatoms. The smallest absolute Gasteiger partial charge is 0.246 e. The first-order chi connectivity index (χ1) is 8.65. The average molecular weight is 244 g/mol. The molecule has 0 saturated heterocycles. The van der Waals surface area contributed by atoms with Crippen LogP contribution in [-0.2, 0) is 4.79 Å². The number of likely N-dealkylation sites (N-methyl/N-ethyl adjacent to an activating group) is 1. The summed E-state index contributed by atoms with van der Waals surface area (Å²) in [6.45, 7) is 0.875. The molecule has 2 N–H and O–H groups in total. The Kier molecular flexibility index (Phi) is 4.03. The lowest BCUT2D eigenvalue weighted by atomic mass is 9.85. The molecule has 1 aromatic carbocycles. The fourth-order valence-electron chi connectivity index (χ4n) is 2.11. The molecule has 0 aromatic heterocycles. The van der Waals surface area contributed by atoms with Crippen LogP contribution < -0.4 is 5.73 Å². The molecule has 1 aliphatic rings. The summed E-state index contributed by atoms with van der Waals surface area (Å²) in [6, 6.07) is 7.52. The highest BCUT2D eigenvalue weighted by Gasteiger charge is 2.20. The predicted octanol–water partition coefficient (Wildman–Crippen LogP) is 2.54. The summed E-state index contributed by atoms with van der Waals surface area (Å²) in [5.41, 5.74) is 7.36. The highest BCUT2D eigenvalue weighted by molar-refractivity contribution is 5.91. The summed E-state index contributed by atoms with van der Waals surface area (Å²) in [4.78, 5) is 13.7. The van der Waals surface area contributed by atoms with Crippen LogP contribution in [-0.4, -0.2) is 24.4 Å². The minimum atomic E-state index is 0.0596. The van der Waals surface area contributed by atoms with Gasteiger partial charge in [-0.1, -0.05) is 18.6 Å². The number of amides is 1. The number of nitrogens with zero attached hydrogens (tertiary/aromatic N) is 1. The van der Waals surface area contributed by atoms with E-state index in [0.717, 1.165) is 12.1 Å². The summed E-state index contributed by atoms with van der Waals surface area (Å²) in [5, 5.41) is 0. The molecule has 0 heterocycles. The minimum Gasteiger partial charge on any atom is -0.399 e. The Morgan fingerprint density at radius 1 is 1.50 bits per heavy atom. The van der Waals surface area contributed by atoms with Crippen molar-refractivity contribution in [1.29, 1.82) is 0 Å². The molecule has 1 saturated carbocycles. The molecule has 2 rings (SSSR count). The lowest BCUT2D eigenvalue weighted by Crippen LogP contribution is -2.33. The highest BCUT2D eigenvalue weighted by Crippen LogP contribution is 2.26. The number of nitrogens with two attached hydrogens (primary N) is 1. The van der Waals surface area contributed by atoms with Crippen LogP contribution in [0.15, 0.2) is 30.3 Å². The van der Waals surface area contributed by atoms with Gasteiger partial charge in [-0.25, -0.2) is 0 Å². The van der Waals surface area contributed by atoms with Crippen molar-refractivity contribution in [2.45, 2.75) is 19.3 Å². The summed E-state index contributed by atoms with van der Waals surface area (Å²) in [6.07, 6.45) is 7.27. The lowest BCUT2D eigenvalue weighted by molar-refractivity contribution is -0.125.